The molecule has 0 aliphatic heterocycles. The molecule has 1 rings (SSSR count). The highest BCUT2D eigenvalue weighted by atomic mass is 31.2. The molecule has 6 heteroatoms. The van der Waals surface area contributed by atoms with Gasteiger partial charge in [0.05, 0.1) is 19.0 Å². The van der Waals surface area contributed by atoms with Crippen molar-refractivity contribution >= 4 is 7.60 Å². The minimum absolute atomic E-state index is 0.153. The minimum Gasteiger partial charge on any atom is -0.502 e. The molecule has 0 saturated carbocycles. The molecule has 0 amide bonds. The lowest BCUT2D eigenvalue weighted by Crippen LogP contribution is -2.01. The van der Waals surface area contributed by atoms with E-state index in [0.29, 0.717) is 19.2 Å². The van der Waals surface area contributed by atoms with E-state index < -0.39 is 7.60 Å². The molecule has 0 saturated heterocycles. The summed E-state index contributed by atoms with van der Waals surface area (Å²) in [5, 5.41) is 9.25. The maximum Gasteiger partial charge on any atom is 0.381 e. The van der Waals surface area contributed by atoms with E-state index in [4.69, 9.17) is 13.5 Å². The van der Waals surface area contributed by atoms with E-state index in [9.17, 15) is 9.67 Å². The van der Waals surface area contributed by atoms with Gasteiger partial charge < -0.3 is 18.6 Å². The van der Waals surface area contributed by atoms with Crippen LogP contribution < -0.4 is 4.52 Å². The Kier molecular flexibility index (Phi) is 4.24. The Balaban J connectivity index is 2.75. The summed E-state index contributed by atoms with van der Waals surface area (Å²) in [5.41, 5.74) is 0. The maximum absolute atomic E-state index is 12.0. The molecule has 0 fully saturated rings. The lowest BCUT2D eigenvalue weighted by atomic mass is 10.6. The summed E-state index contributed by atoms with van der Waals surface area (Å²) in [4.78, 5) is 0. The zero-order valence-electron chi connectivity index (χ0n) is 8.80. The molecular weight excluding hydrogens is 219 g/mol. The fourth-order valence-electron chi connectivity index (χ4n) is 1.09. The number of hydrogen-bond donors (Lipinski definition) is 1. The molecule has 1 aromatic heterocycles. The van der Waals surface area contributed by atoms with E-state index in [-0.39, 0.29) is 11.7 Å². The van der Waals surface area contributed by atoms with E-state index in [1.807, 2.05) is 6.92 Å². The average molecular weight is 234 g/mol. The van der Waals surface area contributed by atoms with Gasteiger partial charge in [0.25, 0.3) is 0 Å². The second-order valence-corrected chi connectivity index (χ2v) is 5.05. The van der Waals surface area contributed by atoms with Gasteiger partial charge in [-0.2, -0.15) is 0 Å². The van der Waals surface area contributed by atoms with Crippen LogP contribution >= 0.6 is 7.60 Å². The SMILES string of the molecule is CCCP(=O)(OCC)Oc1occc1O. The average Bonchev–Trinajstić information content (AvgIpc) is 2.52. The third kappa shape index (κ3) is 3.29. The van der Waals surface area contributed by atoms with E-state index in [1.165, 1.54) is 12.3 Å². The van der Waals surface area contributed by atoms with Crippen LogP contribution in [0.25, 0.3) is 0 Å². The predicted octanol–water partition coefficient (Wildman–Crippen LogP) is 3.00. The Morgan fingerprint density at radius 2 is 2.27 bits per heavy atom. The first kappa shape index (κ1) is 12.1. The number of furan rings is 1. The molecule has 1 unspecified atom stereocenters. The van der Waals surface area contributed by atoms with Gasteiger partial charge in [-0.15, -0.1) is 0 Å². The third-order valence-corrected chi connectivity index (χ3v) is 3.75. The second kappa shape index (κ2) is 5.24. The Labute approximate surface area is 88.5 Å². The van der Waals surface area contributed by atoms with Crippen molar-refractivity contribution in [1.29, 1.82) is 0 Å². The molecule has 1 N–H and O–H groups in total. The first-order valence-corrected chi connectivity index (χ1v) is 6.53. The van der Waals surface area contributed by atoms with Crippen molar-refractivity contribution < 1.29 is 23.1 Å². The highest BCUT2D eigenvalue weighted by Gasteiger charge is 2.27. The van der Waals surface area contributed by atoms with Crippen molar-refractivity contribution in [2.75, 3.05) is 12.8 Å². The van der Waals surface area contributed by atoms with E-state index in [2.05, 4.69) is 0 Å². The molecule has 86 valence electrons. The van der Waals surface area contributed by atoms with Crippen LogP contribution in [0.1, 0.15) is 20.3 Å². The van der Waals surface area contributed by atoms with Gasteiger partial charge >= 0.3 is 13.5 Å². The first-order chi connectivity index (χ1) is 7.11. The van der Waals surface area contributed by atoms with Gasteiger partial charge in [-0.25, -0.2) is 4.57 Å². The van der Waals surface area contributed by atoms with Gasteiger partial charge in [-0.1, -0.05) is 6.92 Å². The Morgan fingerprint density at radius 1 is 1.53 bits per heavy atom. The molecule has 1 heterocycles. The van der Waals surface area contributed by atoms with Crippen LogP contribution in [0.2, 0.25) is 0 Å². The summed E-state index contributed by atoms with van der Waals surface area (Å²) < 4.78 is 27.0. The van der Waals surface area contributed by atoms with Gasteiger partial charge in [-0.05, 0) is 13.3 Å². The first-order valence-electron chi connectivity index (χ1n) is 4.81. The lowest BCUT2D eigenvalue weighted by Gasteiger charge is -2.15. The minimum atomic E-state index is -3.19. The predicted molar refractivity (Wildman–Crippen MR) is 55.4 cm³/mol. The zero-order chi connectivity index (χ0) is 11.3. The van der Waals surface area contributed by atoms with Crippen LogP contribution in [0.3, 0.4) is 0 Å². The van der Waals surface area contributed by atoms with Crippen molar-refractivity contribution in [2.45, 2.75) is 20.3 Å². The summed E-state index contributed by atoms with van der Waals surface area (Å²) in [6.07, 6.45) is 2.21. The van der Waals surface area contributed by atoms with E-state index in [1.54, 1.807) is 6.92 Å². The molecule has 0 aromatic carbocycles. The smallest absolute Gasteiger partial charge is 0.381 e. The van der Waals surface area contributed by atoms with Crippen LogP contribution in [-0.4, -0.2) is 17.9 Å². The van der Waals surface area contributed by atoms with Gasteiger partial charge in [0, 0.05) is 6.07 Å². The Bertz CT molecular complexity index is 336. The van der Waals surface area contributed by atoms with Crippen LogP contribution in [0.5, 0.6) is 11.7 Å². The maximum atomic E-state index is 12.0. The van der Waals surface area contributed by atoms with Crippen molar-refractivity contribution in [3.8, 4) is 11.7 Å². The van der Waals surface area contributed by atoms with Crippen molar-refractivity contribution in [3.05, 3.63) is 12.3 Å². The highest BCUT2D eigenvalue weighted by molar-refractivity contribution is 7.54. The highest BCUT2D eigenvalue weighted by Crippen LogP contribution is 2.50. The summed E-state index contributed by atoms with van der Waals surface area (Å²) in [6, 6.07) is 1.32. The normalized spacial score (nSPS) is 14.8. The van der Waals surface area contributed by atoms with Crippen LogP contribution in [0.15, 0.2) is 16.7 Å². The molecule has 5 nitrogen and oxygen atoms in total. The van der Waals surface area contributed by atoms with Crippen molar-refractivity contribution in [2.24, 2.45) is 0 Å². The molecular formula is C9H15O5P. The van der Waals surface area contributed by atoms with E-state index in [0.717, 1.165) is 0 Å². The van der Waals surface area contributed by atoms with E-state index >= 15 is 0 Å². The van der Waals surface area contributed by atoms with Crippen LogP contribution in [0, 0.1) is 0 Å². The Hall–Kier alpha value is -0.930. The molecule has 0 bridgehead atoms. The van der Waals surface area contributed by atoms with Gasteiger partial charge in [0.2, 0.25) is 5.75 Å². The molecule has 0 aliphatic carbocycles. The number of hydrogen-bond acceptors (Lipinski definition) is 5. The third-order valence-electron chi connectivity index (χ3n) is 1.66. The monoisotopic (exact) mass is 234 g/mol. The number of rotatable bonds is 6. The van der Waals surface area contributed by atoms with Crippen molar-refractivity contribution in [3.63, 3.8) is 0 Å². The second-order valence-electron chi connectivity index (χ2n) is 2.94. The number of aromatic hydroxyl groups is 1. The largest absolute Gasteiger partial charge is 0.502 e. The lowest BCUT2D eigenvalue weighted by molar-refractivity contribution is 0.252. The van der Waals surface area contributed by atoms with Gasteiger partial charge in [-0.3, -0.25) is 0 Å². The molecule has 1 atom stereocenters. The molecule has 0 radical (unpaired) electrons. The molecule has 15 heavy (non-hydrogen) atoms. The Morgan fingerprint density at radius 3 is 2.73 bits per heavy atom. The molecule has 0 spiro atoms. The van der Waals surface area contributed by atoms with Gasteiger partial charge in [0.15, 0.2) is 0 Å². The quantitative estimate of drug-likeness (QED) is 0.766. The summed E-state index contributed by atoms with van der Waals surface area (Å²) >= 11 is 0. The molecule has 0 aliphatic rings. The van der Waals surface area contributed by atoms with Crippen molar-refractivity contribution in [1.82, 2.24) is 0 Å². The standard InChI is InChI=1S/C9H15O5P/c1-3-7-15(11,13-4-2)14-9-8(10)5-6-12-9/h5-6,10H,3-4,7H2,1-2H3. The molecule has 1 aromatic rings. The van der Waals surface area contributed by atoms with Crippen LogP contribution in [-0.2, 0) is 9.09 Å². The summed E-state index contributed by atoms with van der Waals surface area (Å²) in [6.45, 7) is 3.89. The summed E-state index contributed by atoms with van der Waals surface area (Å²) in [7, 11) is -3.19. The summed E-state index contributed by atoms with van der Waals surface area (Å²) in [5.74, 6) is -0.328. The topological polar surface area (TPSA) is 68.9 Å². The fraction of sp³-hybridized carbons (Fsp3) is 0.556. The van der Waals surface area contributed by atoms with Crippen LogP contribution in [0.4, 0.5) is 0 Å². The zero-order valence-corrected chi connectivity index (χ0v) is 9.70. The van der Waals surface area contributed by atoms with Gasteiger partial charge in [0.1, 0.15) is 0 Å². The fourth-order valence-corrected chi connectivity index (χ4v) is 2.69.